The van der Waals surface area contributed by atoms with Crippen LogP contribution in [0.4, 0.5) is 0 Å². The molecule has 0 saturated carbocycles. The number of phosphoric ester groups is 1. The van der Waals surface area contributed by atoms with Crippen molar-refractivity contribution in [3.05, 3.63) is 97.2 Å². The van der Waals surface area contributed by atoms with Gasteiger partial charge in [0, 0.05) is 6.42 Å². The number of nitrogens with one attached hydrogen (secondary N) is 1. The van der Waals surface area contributed by atoms with Crippen molar-refractivity contribution in [2.75, 3.05) is 40.9 Å². The predicted octanol–water partition coefficient (Wildman–Crippen LogP) is 14.7. The van der Waals surface area contributed by atoms with E-state index in [-0.39, 0.29) is 19.1 Å². The van der Waals surface area contributed by atoms with Crippen molar-refractivity contribution in [2.45, 2.75) is 199 Å². The van der Waals surface area contributed by atoms with Gasteiger partial charge in [0.25, 0.3) is 0 Å². The highest BCUT2D eigenvalue weighted by Crippen LogP contribution is 2.43. The minimum absolute atomic E-state index is 0.0570. The summed E-state index contributed by atoms with van der Waals surface area (Å²) in [5.41, 5.74) is 0. The monoisotopic (exact) mass is 900 g/mol. The quantitative estimate of drug-likeness (QED) is 0.0243. The highest BCUT2D eigenvalue weighted by atomic mass is 31.2. The van der Waals surface area contributed by atoms with E-state index >= 15 is 0 Å². The van der Waals surface area contributed by atoms with E-state index in [4.69, 9.17) is 9.05 Å². The van der Waals surface area contributed by atoms with Crippen LogP contribution in [0.25, 0.3) is 0 Å². The Morgan fingerprint density at radius 3 is 1.38 bits per heavy atom. The number of hydrogen-bond acceptors (Lipinski definition) is 5. The van der Waals surface area contributed by atoms with Crippen LogP contribution < -0.4 is 5.32 Å². The molecule has 3 unspecified atom stereocenters. The van der Waals surface area contributed by atoms with Gasteiger partial charge in [0.05, 0.1) is 39.9 Å². The second-order valence-electron chi connectivity index (χ2n) is 17.8. The highest BCUT2D eigenvalue weighted by molar-refractivity contribution is 7.47. The molecular formula is C54H96N2O6P+. The molecule has 0 aromatic rings. The second kappa shape index (κ2) is 44.6. The van der Waals surface area contributed by atoms with Crippen molar-refractivity contribution in [1.29, 1.82) is 0 Å². The average molecular weight is 900 g/mol. The summed E-state index contributed by atoms with van der Waals surface area (Å²) >= 11 is 0. The molecule has 362 valence electrons. The first-order valence-corrected chi connectivity index (χ1v) is 26.6. The van der Waals surface area contributed by atoms with Crippen LogP contribution in [0.3, 0.4) is 0 Å². The van der Waals surface area contributed by atoms with E-state index in [1.807, 2.05) is 27.2 Å². The van der Waals surface area contributed by atoms with Crippen LogP contribution >= 0.6 is 7.82 Å². The predicted molar refractivity (Wildman–Crippen MR) is 272 cm³/mol. The van der Waals surface area contributed by atoms with Gasteiger partial charge >= 0.3 is 7.82 Å². The van der Waals surface area contributed by atoms with Crippen LogP contribution in [0, 0.1) is 0 Å². The van der Waals surface area contributed by atoms with Gasteiger partial charge in [-0.3, -0.25) is 13.8 Å². The maximum absolute atomic E-state index is 12.7. The molecule has 0 rings (SSSR count). The Bertz CT molecular complexity index is 1340. The van der Waals surface area contributed by atoms with E-state index in [9.17, 15) is 19.4 Å². The molecule has 0 radical (unpaired) electrons. The molecule has 9 heteroatoms. The van der Waals surface area contributed by atoms with Gasteiger partial charge in [0.2, 0.25) is 5.91 Å². The summed E-state index contributed by atoms with van der Waals surface area (Å²) in [4.78, 5) is 22.9. The largest absolute Gasteiger partial charge is 0.472 e. The van der Waals surface area contributed by atoms with Crippen molar-refractivity contribution >= 4 is 13.7 Å². The number of carbonyl (C=O) groups is 1. The fourth-order valence-corrected chi connectivity index (χ4v) is 7.33. The Hall–Kier alpha value is -2.58. The van der Waals surface area contributed by atoms with Gasteiger partial charge < -0.3 is 19.8 Å². The molecule has 0 bridgehead atoms. The molecule has 0 heterocycles. The topological polar surface area (TPSA) is 105 Å². The average Bonchev–Trinajstić information content (AvgIpc) is 3.24. The number of rotatable bonds is 44. The van der Waals surface area contributed by atoms with Crippen molar-refractivity contribution in [1.82, 2.24) is 5.32 Å². The molecule has 0 aromatic carbocycles. The number of unbranched alkanes of at least 4 members (excludes halogenated alkanes) is 17. The van der Waals surface area contributed by atoms with Crippen LogP contribution in [0.2, 0.25) is 0 Å². The lowest BCUT2D eigenvalue weighted by Crippen LogP contribution is -2.45. The van der Waals surface area contributed by atoms with Crippen molar-refractivity contribution in [2.24, 2.45) is 0 Å². The van der Waals surface area contributed by atoms with E-state index in [1.54, 1.807) is 6.08 Å². The number of quaternary nitrogens is 1. The SMILES string of the molecule is CC/C=C\C/C=C\C/C=C\C/C=C\C/C=C\C/C=C\C/C=C\CCCCCCCCCCCCCCCCCC(=O)NC(COP(=O)(O)OCC[N+](C)(C)C)C(O)/C=C/CCCC. The number of amides is 1. The number of allylic oxidation sites excluding steroid dienone is 15. The molecule has 0 aliphatic heterocycles. The van der Waals surface area contributed by atoms with Crippen LogP contribution in [0.1, 0.15) is 187 Å². The van der Waals surface area contributed by atoms with Gasteiger partial charge in [-0.15, -0.1) is 0 Å². The summed E-state index contributed by atoms with van der Waals surface area (Å²) in [5.74, 6) is -0.191. The fraction of sp³-hybridized carbons (Fsp3) is 0.685. The molecule has 63 heavy (non-hydrogen) atoms. The summed E-state index contributed by atoms with van der Waals surface area (Å²) in [6.45, 7) is 4.53. The van der Waals surface area contributed by atoms with E-state index in [0.29, 0.717) is 17.4 Å². The number of aliphatic hydroxyl groups is 1. The zero-order chi connectivity index (χ0) is 46.4. The zero-order valence-electron chi connectivity index (χ0n) is 41.0. The minimum Gasteiger partial charge on any atom is -0.387 e. The number of hydrogen-bond donors (Lipinski definition) is 3. The Morgan fingerprint density at radius 1 is 0.556 bits per heavy atom. The van der Waals surface area contributed by atoms with Gasteiger partial charge in [0.15, 0.2) is 0 Å². The molecule has 0 aliphatic carbocycles. The molecule has 0 aliphatic rings. The molecule has 1 amide bonds. The molecule has 3 atom stereocenters. The first kappa shape index (κ1) is 60.4. The summed E-state index contributed by atoms with van der Waals surface area (Å²) in [6.07, 6.45) is 64.3. The lowest BCUT2D eigenvalue weighted by molar-refractivity contribution is -0.870. The van der Waals surface area contributed by atoms with Crippen molar-refractivity contribution in [3.8, 4) is 0 Å². The summed E-state index contributed by atoms with van der Waals surface area (Å²) in [6, 6.07) is -0.846. The summed E-state index contributed by atoms with van der Waals surface area (Å²) in [7, 11) is 1.56. The van der Waals surface area contributed by atoms with Crippen LogP contribution in [0.5, 0.6) is 0 Å². The third-order valence-electron chi connectivity index (χ3n) is 10.6. The molecular weight excluding hydrogens is 804 g/mol. The Kier molecular flexibility index (Phi) is 42.8. The maximum atomic E-state index is 12.7. The molecule has 3 N–H and O–H groups in total. The van der Waals surface area contributed by atoms with E-state index < -0.39 is 20.0 Å². The van der Waals surface area contributed by atoms with Gasteiger partial charge in [-0.2, -0.15) is 0 Å². The van der Waals surface area contributed by atoms with Gasteiger partial charge in [0.1, 0.15) is 13.2 Å². The van der Waals surface area contributed by atoms with Gasteiger partial charge in [-0.1, -0.05) is 207 Å². The molecule has 8 nitrogen and oxygen atoms in total. The Morgan fingerprint density at radius 2 is 0.952 bits per heavy atom. The van der Waals surface area contributed by atoms with Crippen LogP contribution in [0.15, 0.2) is 97.2 Å². The maximum Gasteiger partial charge on any atom is 0.472 e. The molecule has 0 spiro atoms. The number of nitrogens with zero attached hydrogens (tertiary/aromatic N) is 1. The first-order chi connectivity index (χ1) is 30.5. The Labute approximate surface area is 388 Å². The second-order valence-corrected chi connectivity index (χ2v) is 19.3. The fourth-order valence-electron chi connectivity index (χ4n) is 6.59. The highest BCUT2D eigenvalue weighted by Gasteiger charge is 2.27. The third kappa shape index (κ3) is 47.2. The summed E-state index contributed by atoms with van der Waals surface area (Å²) < 4.78 is 23.3. The molecule has 0 aromatic heterocycles. The lowest BCUT2D eigenvalue weighted by Gasteiger charge is -2.25. The smallest absolute Gasteiger partial charge is 0.387 e. The van der Waals surface area contributed by atoms with E-state index in [1.165, 1.54) is 83.5 Å². The molecule has 0 saturated heterocycles. The first-order valence-electron chi connectivity index (χ1n) is 25.1. The lowest BCUT2D eigenvalue weighted by atomic mass is 10.0. The zero-order valence-corrected chi connectivity index (χ0v) is 41.9. The van der Waals surface area contributed by atoms with Crippen LogP contribution in [-0.4, -0.2) is 73.4 Å². The minimum atomic E-state index is -4.32. The normalized spacial score (nSPS) is 15.0. The molecule has 0 fully saturated rings. The van der Waals surface area contributed by atoms with Crippen molar-refractivity contribution < 1.29 is 32.9 Å². The number of carbonyl (C=O) groups excluding carboxylic acids is 1. The van der Waals surface area contributed by atoms with Gasteiger partial charge in [-0.05, 0) is 70.6 Å². The van der Waals surface area contributed by atoms with E-state index in [2.05, 4.69) is 104 Å². The van der Waals surface area contributed by atoms with Gasteiger partial charge in [-0.25, -0.2) is 4.57 Å². The number of likely N-dealkylation sites (N-methyl/N-ethyl adjacent to an activating group) is 1. The van der Waals surface area contributed by atoms with E-state index in [0.717, 1.165) is 83.5 Å². The number of aliphatic hydroxyl groups excluding tert-OH is 1. The standard InChI is InChI=1S/C54H95N2O6P/c1-6-8-10-12-13-14-15-16-17-18-19-20-21-22-23-24-25-26-27-28-29-30-31-32-33-34-35-36-37-38-39-40-41-42-43-44-46-48-54(58)55-52(53(57)47-45-11-9-7-2)51-62-63(59,60)61-50-49-56(3,4)5/h8,10,13-14,16-17,19-20,22-23,25-26,28-29,45,47,52-53,57H,6-7,9,11-12,15,18,21,24,27,30-44,46,48-51H2,1-5H3,(H-,55,58,59,60)/p+1/b10-8-,14-13-,17-16-,20-19-,23-22-,26-25-,29-28-,47-45+. The Balaban J connectivity index is 3.82. The van der Waals surface area contributed by atoms with Crippen LogP contribution in [-0.2, 0) is 18.4 Å². The summed E-state index contributed by atoms with van der Waals surface area (Å²) in [5, 5.41) is 13.6. The van der Waals surface area contributed by atoms with Crippen molar-refractivity contribution in [3.63, 3.8) is 0 Å². The number of phosphoric acid groups is 1. The third-order valence-corrected chi connectivity index (χ3v) is 11.5.